The van der Waals surface area contributed by atoms with Crippen LogP contribution in [0.1, 0.15) is 64.5 Å². The molecule has 0 aromatic heterocycles. The van der Waals surface area contributed by atoms with Crippen LogP contribution in [0.4, 0.5) is 0 Å². The van der Waals surface area contributed by atoms with Crippen molar-refractivity contribution in [3.05, 3.63) is 47.5 Å². The minimum Gasteiger partial charge on any atom is -0.134 e. The molecule has 0 saturated heterocycles. The van der Waals surface area contributed by atoms with E-state index in [0.29, 0.717) is 22.9 Å². The van der Waals surface area contributed by atoms with E-state index in [1.165, 1.54) is 10.8 Å². The molecule has 0 bridgehead atoms. The summed E-state index contributed by atoms with van der Waals surface area (Å²) in [6, 6.07) is 13.6. The lowest BCUT2D eigenvalue weighted by molar-refractivity contribution is 0.286. The Morgan fingerprint density at radius 3 is 1.95 bits per heavy atom. The van der Waals surface area contributed by atoms with Crippen LogP contribution in [0.2, 0.25) is 0 Å². The molecule has 2 aromatic rings. The standard InChI is InChI=1S/C18H23P.C2H6/c1-11(19)15-13-9-5-7-12-8-6-10-14(16(12)13)17(15)18(2,3)4;1-2/h5-11,15,17H,19H2,1-4H3;1-2H3. The largest absolute Gasteiger partial charge is 0.134 e. The lowest BCUT2D eigenvalue weighted by Gasteiger charge is -2.35. The van der Waals surface area contributed by atoms with Gasteiger partial charge in [0.05, 0.1) is 0 Å². The van der Waals surface area contributed by atoms with Crippen LogP contribution in [0.5, 0.6) is 0 Å². The van der Waals surface area contributed by atoms with Gasteiger partial charge < -0.3 is 0 Å². The summed E-state index contributed by atoms with van der Waals surface area (Å²) in [6.07, 6.45) is 0. The smallest absolute Gasteiger partial charge is 0.00213 e. The summed E-state index contributed by atoms with van der Waals surface area (Å²) in [5.41, 5.74) is 4.00. The maximum absolute atomic E-state index is 3.03. The van der Waals surface area contributed by atoms with Crippen molar-refractivity contribution in [1.29, 1.82) is 0 Å². The molecule has 114 valence electrons. The van der Waals surface area contributed by atoms with E-state index in [9.17, 15) is 0 Å². The second-order valence-electron chi connectivity index (χ2n) is 7.02. The van der Waals surface area contributed by atoms with E-state index < -0.39 is 0 Å². The zero-order chi connectivity index (χ0) is 15.8. The highest BCUT2D eigenvalue weighted by Crippen LogP contribution is 2.56. The summed E-state index contributed by atoms with van der Waals surface area (Å²) in [5, 5.41) is 2.92. The fourth-order valence-corrected chi connectivity index (χ4v) is 4.33. The first-order chi connectivity index (χ1) is 9.91. The molecule has 0 amide bonds. The van der Waals surface area contributed by atoms with Crippen LogP contribution in [0, 0.1) is 5.41 Å². The van der Waals surface area contributed by atoms with Gasteiger partial charge in [-0.25, -0.2) is 0 Å². The molecule has 0 fully saturated rings. The van der Waals surface area contributed by atoms with E-state index >= 15 is 0 Å². The molecule has 0 heterocycles. The van der Waals surface area contributed by atoms with Crippen molar-refractivity contribution in [2.45, 2.75) is 59.0 Å². The highest BCUT2D eigenvalue weighted by atomic mass is 31.0. The average molecular weight is 300 g/mol. The SMILES string of the molecule is CC.CC(P)C1c2cccc3cccc(c23)C1C(C)(C)C. The molecule has 2 aromatic carbocycles. The van der Waals surface area contributed by atoms with E-state index in [2.05, 4.69) is 73.3 Å². The Hall–Kier alpha value is -0.870. The Morgan fingerprint density at radius 1 is 0.952 bits per heavy atom. The molecular weight excluding hydrogens is 271 g/mol. The van der Waals surface area contributed by atoms with Crippen LogP contribution >= 0.6 is 9.24 Å². The van der Waals surface area contributed by atoms with E-state index in [4.69, 9.17) is 0 Å². The molecule has 0 saturated carbocycles. The molecule has 0 aliphatic heterocycles. The molecule has 0 N–H and O–H groups in total. The maximum atomic E-state index is 3.03. The monoisotopic (exact) mass is 300 g/mol. The second-order valence-corrected chi connectivity index (χ2v) is 8.07. The van der Waals surface area contributed by atoms with E-state index in [-0.39, 0.29) is 0 Å². The highest BCUT2D eigenvalue weighted by Gasteiger charge is 2.42. The predicted octanol–water partition coefficient (Wildman–Crippen LogP) is 6.36. The van der Waals surface area contributed by atoms with Gasteiger partial charge >= 0.3 is 0 Å². The molecular formula is C20H29P. The predicted molar refractivity (Wildman–Crippen MR) is 99.4 cm³/mol. The summed E-state index contributed by atoms with van der Waals surface area (Å²) < 4.78 is 0. The molecule has 0 radical (unpaired) electrons. The van der Waals surface area contributed by atoms with Crippen molar-refractivity contribution in [3.63, 3.8) is 0 Å². The molecule has 4 unspecified atom stereocenters. The third-order valence-electron chi connectivity index (χ3n) is 4.52. The summed E-state index contributed by atoms with van der Waals surface area (Å²) in [4.78, 5) is 0. The van der Waals surface area contributed by atoms with Crippen LogP contribution in [0.15, 0.2) is 36.4 Å². The highest BCUT2D eigenvalue weighted by molar-refractivity contribution is 7.17. The third-order valence-corrected chi connectivity index (χ3v) is 4.94. The molecule has 4 atom stereocenters. The van der Waals surface area contributed by atoms with E-state index in [1.54, 1.807) is 11.1 Å². The Morgan fingerprint density at radius 2 is 1.48 bits per heavy atom. The number of rotatable bonds is 1. The Balaban J connectivity index is 0.000000774. The van der Waals surface area contributed by atoms with Crippen molar-refractivity contribution in [2.75, 3.05) is 0 Å². The molecule has 1 aliphatic rings. The van der Waals surface area contributed by atoms with Gasteiger partial charge in [-0.05, 0) is 44.8 Å². The normalized spacial score (nSPS) is 21.9. The van der Waals surface area contributed by atoms with Crippen molar-refractivity contribution in [3.8, 4) is 0 Å². The molecule has 3 rings (SSSR count). The van der Waals surface area contributed by atoms with Crippen molar-refractivity contribution in [2.24, 2.45) is 5.41 Å². The zero-order valence-corrected chi connectivity index (χ0v) is 15.4. The van der Waals surface area contributed by atoms with Crippen LogP contribution in [-0.4, -0.2) is 5.66 Å². The van der Waals surface area contributed by atoms with Gasteiger partial charge in [0, 0.05) is 0 Å². The van der Waals surface area contributed by atoms with Crippen LogP contribution < -0.4 is 0 Å². The van der Waals surface area contributed by atoms with Crippen LogP contribution in [-0.2, 0) is 0 Å². The minimum atomic E-state index is 0.294. The number of hydrogen-bond donors (Lipinski definition) is 0. The first kappa shape index (κ1) is 16.5. The van der Waals surface area contributed by atoms with Gasteiger partial charge in [0.1, 0.15) is 0 Å². The Labute approximate surface area is 132 Å². The van der Waals surface area contributed by atoms with E-state index in [0.717, 1.165) is 0 Å². The lowest BCUT2D eigenvalue weighted by Crippen LogP contribution is -2.25. The molecule has 1 heteroatoms. The van der Waals surface area contributed by atoms with Crippen LogP contribution in [0.3, 0.4) is 0 Å². The third kappa shape index (κ3) is 2.76. The van der Waals surface area contributed by atoms with Crippen molar-refractivity contribution >= 4 is 20.0 Å². The van der Waals surface area contributed by atoms with Gasteiger partial charge in [-0.2, -0.15) is 0 Å². The van der Waals surface area contributed by atoms with Gasteiger partial charge in [0.2, 0.25) is 0 Å². The summed E-state index contributed by atoms with van der Waals surface area (Å²) in [5.74, 6) is 1.23. The first-order valence-corrected chi connectivity index (χ1v) is 8.85. The fourth-order valence-electron chi connectivity index (χ4n) is 3.90. The fraction of sp³-hybridized carbons (Fsp3) is 0.500. The topological polar surface area (TPSA) is 0 Å². The van der Waals surface area contributed by atoms with Gasteiger partial charge in [-0.3, -0.25) is 0 Å². The van der Waals surface area contributed by atoms with Gasteiger partial charge in [-0.1, -0.05) is 77.9 Å². The maximum Gasteiger partial charge on any atom is -0.00213 e. The Bertz CT molecular complexity index is 614. The van der Waals surface area contributed by atoms with Crippen LogP contribution in [0.25, 0.3) is 10.8 Å². The van der Waals surface area contributed by atoms with E-state index in [1.807, 2.05) is 13.8 Å². The second kappa shape index (κ2) is 6.09. The minimum absolute atomic E-state index is 0.294. The Kier molecular flexibility index (Phi) is 4.79. The number of benzene rings is 2. The summed E-state index contributed by atoms with van der Waals surface area (Å²) >= 11 is 0. The zero-order valence-electron chi connectivity index (χ0n) is 14.3. The first-order valence-electron chi connectivity index (χ1n) is 8.18. The summed E-state index contributed by atoms with van der Waals surface area (Å²) in [6.45, 7) is 13.5. The molecule has 0 spiro atoms. The van der Waals surface area contributed by atoms with Crippen molar-refractivity contribution < 1.29 is 0 Å². The van der Waals surface area contributed by atoms with Crippen molar-refractivity contribution in [1.82, 2.24) is 0 Å². The lowest BCUT2D eigenvalue weighted by atomic mass is 9.71. The van der Waals surface area contributed by atoms with Gasteiger partial charge in [-0.15, -0.1) is 9.24 Å². The average Bonchev–Trinajstić information content (AvgIpc) is 2.79. The summed E-state index contributed by atoms with van der Waals surface area (Å²) in [7, 11) is 3.03. The number of hydrogen-bond acceptors (Lipinski definition) is 0. The quantitative estimate of drug-likeness (QED) is 0.538. The molecule has 0 nitrogen and oxygen atoms in total. The molecule has 1 aliphatic carbocycles. The molecule has 21 heavy (non-hydrogen) atoms. The van der Waals surface area contributed by atoms with Gasteiger partial charge in [0.25, 0.3) is 0 Å². The van der Waals surface area contributed by atoms with Gasteiger partial charge in [0.15, 0.2) is 0 Å².